The van der Waals surface area contributed by atoms with E-state index in [1.165, 1.54) is 18.2 Å². The summed E-state index contributed by atoms with van der Waals surface area (Å²) < 4.78 is 30.8. The smallest absolute Gasteiger partial charge is 0.172 e. The van der Waals surface area contributed by atoms with Crippen LogP contribution < -0.4 is 4.74 Å². The van der Waals surface area contributed by atoms with E-state index in [0.717, 1.165) is 0 Å². The molecule has 0 N–H and O–H groups in total. The fraction of sp³-hybridized carbons (Fsp3) is 0.333. The Labute approximate surface area is 96.6 Å². The highest BCUT2D eigenvalue weighted by atomic mass is 19.1. The van der Waals surface area contributed by atoms with Crippen molar-refractivity contribution in [3.63, 3.8) is 0 Å². The first kappa shape index (κ1) is 11.5. The van der Waals surface area contributed by atoms with Gasteiger partial charge in [0.25, 0.3) is 0 Å². The third kappa shape index (κ3) is 1.86. The van der Waals surface area contributed by atoms with Crippen molar-refractivity contribution < 1.29 is 18.3 Å². The van der Waals surface area contributed by atoms with Crippen LogP contribution in [0.1, 0.15) is 22.3 Å². The maximum absolute atomic E-state index is 12.8. The van der Waals surface area contributed by atoms with Gasteiger partial charge in [0, 0.05) is 0 Å². The molecule has 0 bridgehead atoms. The van der Waals surface area contributed by atoms with E-state index in [9.17, 15) is 13.6 Å². The van der Waals surface area contributed by atoms with Gasteiger partial charge in [0.05, 0.1) is 23.6 Å². The van der Waals surface area contributed by atoms with E-state index in [1.807, 2.05) is 6.07 Å². The van der Waals surface area contributed by atoms with Crippen molar-refractivity contribution in [3.8, 4) is 11.8 Å². The summed E-state index contributed by atoms with van der Waals surface area (Å²) in [4.78, 5) is 11.8. The van der Waals surface area contributed by atoms with Crippen molar-refractivity contribution in [2.45, 2.75) is 12.0 Å². The number of carbonyl (C=O) groups is 1. The number of rotatable bonds is 2. The molecule has 0 amide bonds. The maximum Gasteiger partial charge on any atom is 0.172 e. The van der Waals surface area contributed by atoms with Crippen LogP contribution in [-0.4, -0.2) is 24.7 Å². The molecule has 0 aliphatic carbocycles. The second kappa shape index (κ2) is 4.13. The molecule has 0 fully saturated rings. The van der Waals surface area contributed by atoms with Crippen molar-refractivity contribution in [3.05, 3.63) is 29.3 Å². The number of carbonyl (C=O) groups excluding carboxylic acids is 1. The number of halogens is 2. The number of benzene rings is 1. The fourth-order valence-electron chi connectivity index (χ4n) is 1.75. The maximum atomic E-state index is 12.8. The van der Waals surface area contributed by atoms with E-state index in [0.29, 0.717) is 5.56 Å². The first-order valence-electron chi connectivity index (χ1n) is 5.02. The molecule has 3 nitrogen and oxygen atoms in total. The zero-order chi connectivity index (χ0) is 12.5. The number of alkyl halides is 2. The molecular formula is C12H9F2NO2. The van der Waals surface area contributed by atoms with Crippen molar-refractivity contribution >= 4 is 5.78 Å². The average molecular weight is 237 g/mol. The summed E-state index contributed by atoms with van der Waals surface area (Å²) >= 11 is 0. The number of nitriles is 1. The summed E-state index contributed by atoms with van der Waals surface area (Å²) in [5.74, 6) is -0.269. The molecule has 17 heavy (non-hydrogen) atoms. The Balaban J connectivity index is 2.46. The minimum Gasteiger partial charge on any atom is -0.481 e. The summed E-state index contributed by atoms with van der Waals surface area (Å²) in [6.07, 6.45) is -0.345. The summed E-state index contributed by atoms with van der Waals surface area (Å²) in [7, 11) is 0. The molecular weight excluding hydrogens is 228 g/mol. The van der Waals surface area contributed by atoms with Crippen LogP contribution in [0.25, 0.3) is 0 Å². The minimum absolute atomic E-state index is 0.135. The second-order valence-corrected chi connectivity index (χ2v) is 3.98. The molecule has 88 valence electrons. The summed E-state index contributed by atoms with van der Waals surface area (Å²) in [6.45, 7) is -2.12. The topological polar surface area (TPSA) is 50.1 Å². The average Bonchev–Trinajstić information content (AvgIpc) is 2.38. The molecule has 1 aliphatic heterocycles. The van der Waals surface area contributed by atoms with Crippen LogP contribution >= 0.6 is 0 Å². The highest BCUT2D eigenvalue weighted by molar-refractivity contribution is 6.00. The van der Waals surface area contributed by atoms with E-state index < -0.39 is 24.7 Å². The molecule has 0 atom stereocenters. The molecule has 0 saturated carbocycles. The monoisotopic (exact) mass is 237 g/mol. The van der Waals surface area contributed by atoms with Crippen molar-refractivity contribution in [2.75, 3.05) is 13.3 Å². The molecule has 2 rings (SSSR count). The highest BCUT2D eigenvalue weighted by Crippen LogP contribution is 2.34. The molecule has 0 aromatic heterocycles. The third-order valence-corrected chi connectivity index (χ3v) is 2.71. The molecule has 1 heterocycles. The summed E-state index contributed by atoms with van der Waals surface area (Å²) in [5, 5.41) is 8.70. The number of fused-ring (bicyclic) bond motifs is 1. The van der Waals surface area contributed by atoms with Gasteiger partial charge in [0.2, 0.25) is 0 Å². The van der Waals surface area contributed by atoms with Gasteiger partial charge in [-0.2, -0.15) is 5.26 Å². The van der Waals surface area contributed by atoms with Crippen LogP contribution in [0.2, 0.25) is 0 Å². The largest absolute Gasteiger partial charge is 0.481 e. The summed E-state index contributed by atoms with van der Waals surface area (Å²) in [5.41, 5.74) is -1.17. The standard InChI is InChI=1S/C12H9F2NO2/c13-6-12(7-14)4-10(16)9-3-8(5-15)1-2-11(9)17-12/h1-3H,4,6-7H2. The Morgan fingerprint density at radius 3 is 2.71 bits per heavy atom. The van der Waals surface area contributed by atoms with Crippen LogP contribution in [0.3, 0.4) is 0 Å². The first-order chi connectivity index (χ1) is 8.14. The molecule has 0 unspecified atom stereocenters. The zero-order valence-corrected chi connectivity index (χ0v) is 8.87. The van der Waals surface area contributed by atoms with Gasteiger partial charge >= 0.3 is 0 Å². The molecule has 0 saturated heterocycles. The van der Waals surface area contributed by atoms with Crippen molar-refractivity contribution in [1.29, 1.82) is 5.26 Å². The Morgan fingerprint density at radius 2 is 2.12 bits per heavy atom. The third-order valence-electron chi connectivity index (χ3n) is 2.71. The summed E-state index contributed by atoms with van der Waals surface area (Å²) in [6, 6.07) is 6.10. The van der Waals surface area contributed by atoms with E-state index in [4.69, 9.17) is 10.00 Å². The predicted octanol–water partition coefficient (Wildman–Crippen LogP) is 2.20. The number of nitrogens with zero attached hydrogens (tertiary/aromatic N) is 1. The van der Waals surface area contributed by atoms with Gasteiger partial charge in [-0.25, -0.2) is 8.78 Å². The first-order valence-corrected chi connectivity index (χ1v) is 5.02. The lowest BCUT2D eigenvalue weighted by atomic mass is 9.91. The Bertz CT molecular complexity index is 504. The van der Waals surface area contributed by atoms with E-state index in [-0.39, 0.29) is 17.7 Å². The van der Waals surface area contributed by atoms with Gasteiger partial charge in [0.15, 0.2) is 11.4 Å². The second-order valence-electron chi connectivity index (χ2n) is 3.98. The number of ketones is 1. The lowest BCUT2D eigenvalue weighted by molar-refractivity contribution is 0.00430. The molecule has 1 aromatic carbocycles. The normalized spacial score (nSPS) is 16.9. The Morgan fingerprint density at radius 1 is 1.41 bits per heavy atom. The van der Waals surface area contributed by atoms with Gasteiger partial charge in [0.1, 0.15) is 19.1 Å². The molecule has 5 heteroatoms. The van der Waals surface area contributed by atoms with Crippen LogP contribution in [0.4, 0.5) is 8.78 Å². The van der Waals surface area contributed by atoms with Gasteiger partial charge in [-0.1, -0.05) is 0 Å². The molecule has 0 spiro atoms. The van der Waals surface area contributed by atoms with Crippen LogP contribution in [0, 0.1) is 11.3 Å². The van der Waals surface area contributed by atoms with Crippen molar-refractivity contribution in [1.82, 2.24) is 0 Å². The van der Waals surface area contributed by atoms with Crippen LogP contribution in [0.5, 0.6) is 5.75 Å². The lowest BCUT2D eigenvalue weighted by Gasteiger charge is -2.33. The minimum atomic E-state index is -1.70. The number of ether oxygens (including phenoxy) is 1. The van der Waals surface area contributed by atoms with E-state index in [2.05, 4.69) is 0 Å². The van der Waals surface area contributed by atoms with Crippen LogP contribution in [0.15, 0.2) is 18.2 Å². The Hall–Kier alpha value is -1.96. The zero-order valence-electron chi connectivity index (χ0n) is 8.87. The van der Waals surface area contributed by atoms with Gasteiger partial charge < -0.3 is 4.74 Å². The lowest BCUT2D eigenvalue weighted by Crippen LogP contribution is -2.46. The quantitative estimate of drug-likeness (QED) is 0.792. The van der Waals surface area contributed by atoms with E-state index in [1.54, 1.807) is 0 Å². The number of hydrogen-bond acceptors (Lipinski definition) is 3. The van der Waals surface area contributed by atoms with Gasteiger partial charge in [-0.05, 0) is 18.2 Å². The molecule has 1 aromatic rings. The molecule has 1 aliphatic rings. The highest BCUT2D eigenvalue weighted by Gasteiger charge is 2.41. The van der Waals surface area contributed by atoms with Crippen molar-refractivity contribution in [2.24, 2.45) is 0 Å². The SMILES string of the molecule is N#Cc1ccc2c(c1)C(=O)CC(CF)(CF)O2. The van der Waals surface area contributed by atoms with Crippen LogP contribution in [-0.2, 0) is 0 Å². The molecule has 0 radical (unpaired) electrons. The number of Topliss-reactive ketones (excluding diaryl/α,β-unsaturated/α-hetero) is 1. The fourth-order valence-corrected chi connectivity index (χ4v) is 1.75. The number of hydrogen-bond donors (Lipinski definition) is 0. The van der Waals surface area contributed by atoms with Gasteiger partial charge in [-0.15, -0.1) is 0 Å². The predicted molar refractivity (Wildman–Crippen MR) is 55.4 cm³/mol. The van der Waals surface area contributed by atoms with Gasteiger partial charge in [-0.3, -0.25) is 4.79 Å². The Kier molecular flexibility index (Phi) is 2.80. The van der Waals surface area contributed by atoms with E-state index >= 15 is 0 Å².